The minimum absolute atomic E-state index is 0.133. The van der Waals surface area contributed by atoms with Crippen molar-refractivity contribution in [2.45, 2.75) is 12.8 Å². The molecule has 2 aromatic carbocycles. The predicted octanol–water partition coefficient (Wildman–Crippen LogP) is 4.71. The van der Waals surface area contributed by atoms with E-state index in [9.17, 15) is 9.18 Å². The largest absolute Gasteiger partial charge is 0.493 e. The zero-order valence-electron chi connectivity index (χ0n) is 11.0. The number of Topliss-reactive ketones (excluding diaryl/α,β-unsaturated/α-hetero) is 1. The third kappa shape index (κ3) is 3.19. The van der Waals surface area contributed by atoms with E-state index in [0.29, 0.717) is 16.6 Å². The van der Waals surface area contributed by atoms with Gasteiger partial charge in [0.2, 0.25) is 0 Å². The first kappa shape index (κ1) is 14.7. The molecule has 3 rings (SSSR count). The van der Waals surface area contributed by atoms with Crippen molar-refractivity contribution in [2.75, 3.05) is 6.61 Å². The van der Waals surface area contributed by atoms with Crippen molar-refractivity contribution in [2.24, 2.45) is 0 Å². The van der Waals surface area contributed by atoms with Crippen LogP contribution in [0, 0.1) is 5.82 Å². The molecule has 1 aliphatic rings. The molecule has 0 amide bonds. The van der Waals surface area contributed by atoms with Crippen LogP contribution in [0.15, 0.2) is 39.3 Å². The highest BCUT2D eigenvalue weighted by atomic mass is 79.9. The van der Waals surface area contributed by atoms with Gasteiger partial charge in [-0.3, -0.25) is 4.79 Å². The second-order valence-corrected chi connectivity index (χ2v) is 6.74. The van der Waals surface area contributed by atoms with Crippen LogP contribution in [0.5, 0.6) is 5.75 Å². The number of hydrogen-bond acceptors (Lipinski definition) is 2. The summed E-state index contributed by atoms with van der Waals surface area (Å²) in [6.07, 6.45) is 1.04. The molecule has 108 valence electrons. The summed E-state index contributed by atoms with van der Waals surface area (Å²) in [4.78, 5) is 12.4. The number of ether oxygens (including phenoxy) is 1. The first-order valence-corrected chi connectivity index (χ1v) is 8.05. The predicted molar refractivity (Wildman–Crippen MR) is 85.5 cm³/mol. The standard InChI is InChI=1S/C16H11Br2FO2/c17-12-3-9-1-2-21-16(9)11(5-12)7-15(20)10-4-13(18)8-14(19)6-10/h3-6,8H,1-2,7H2. The van der Waals surface area contributed by atoms with Crippen molar-refractivity contribution >= 4 is 37.6 Å². The number of fused-ring (bicyclic) bond motifs is 1. The lowest BCUT2D eigenvalue weighted by atomic mass is 10.00. The molecule has 1 aliphatic heterocycles. The van der Waals surface area contributed by atoms with Crippen molar-refractivity contribution in [1.82, 2.24) is 0 Å². The third-order valence-corrected chi connectivity index (χ3v) is 4.28. The minimum atomic E-state index is -0.427. The number of rotatable bonds is 3. The monoisotopic (exact) mass is 412 g/mol. The quantitative estimate of drug-likeness (QED) is 0.681. The summed E-state index contributed by atoms with van der Waals surface area (Å²) in [5, 5.41) is 0. The Morgan fingerprint density at radius 2 is 1.90 bits per heavy atom. The third-order valence-electron chi connectivity index (χ3n) is 3.36. The van der Waals surface area contributed by atoms with Gasteiger partial charge in [0.25, 0.3) is 0 Å². The van der Waals surface area contributed by atoms with Gasteiger partial charge in [0.05, 0.1) is 6.61 Å². The van der Waals surface area contributed by atoms with Gasteiger partial charge >= 0.3 is 0 Å². The average Bonchev–Trinajstić information content (AvgIpc) is 2.85. The molecule has 2 aromatic rings. The lowest BCUT2D eigenvalue weighted by Crippen LogP contribution is -2.05. The van der Waals surface area contributed by atoms with E-state index >= 15 is 0 Å². The Hall–Kier alpha value is -1.20. The van der Waals surface area contributed by atoms with Crippen LogP contribution in [0.4, 0.5) is 4.39 Å². The molecule has 0 saturated heterocycles. The summed E-state index contributed by atoms with van der Waals surface area (Å²) in [7, 11) is 0. The molecule has 2 nitrogen and oxygen atoms in total. The van der Waals surface area contributed by atoms with Crippen LogP contribution >= 0.6 is 31.9 Å². The zero-order chi connectivity index (χ0) is 15.0. The van der Waals surface area contributed by atoms with Gasteiger partial charge in [-0.05, 0) is 35.9 Å². The van der Waals surface area contributed by atoms with Gasteiger partial charge in [-0.15, -0.1) is 0 Å². The van der Waals surface area contributed by atoms with Gasteiger partial charge < -0.3 is 4.74 Å². The highest BCUT2D eigenvalue weighted by Crippen LogP contribution is 2.33. The molecule has 0 aromatic heterocycles. The first-order valence-electron chi connectivity index (χ1n) is 6.46. The van der Waals surface area contributed by atoms with E-state index in [-0.39, 0.29) is 12.2 Å². The molecule has 0 aliphatic carbocycles. The van der Waals surface area contributed by atoms with Crippen LogP contribution in [0.25, 0.3) is 0 Å². The highest BCUT2D eigenvalue weighted by molar-refractivity contribution is 9.10. The van der Waals surface area contributed by atoms with Crippen molar-refractivity contribution in [3.63, 3.8) is 0 Å². The lowest BCUT2D eigenvalue weighted by molar-refractivity contribution is 0.0991. The SMILES string of the molecule is O=C(Cc1cc(Br)cc2c1OCC2)c1cc(F)cc(Br)c1. The van der Waals surface area contributed by atoms with Gasteiger partial charge in [-0.1, -0.05) is 31.9 Å². The minimum Gasteiger partial charge on any atom is -0.493 e. The highest BCUT2D eigenvalue weighted by Gasteiger charge is 2.20. The Morgan fingerprint density at radius 1 is 1.14 bits per heavy atom. The first-order chi connectivity index (χ1) is 10.0. The van der Waals surface area contributed by atoms with Crippen LogP contribution in [0.2, 0.25) is 0 Å². The molecule has 0 radical (unpaired) electrons. The van der Waals surface area contributed by atoms with E-state index in [0.717, 1.165) is 27.8 Å². The van der Waals surface area contributed by atoms with E-state index in [4.69, 9.17) is 4.74 Å². The fourth-order valence-corrected chi connectivity index (χ4v) is 3.49. The fourth-order valence-electron chi connectivity index (χ4n) is 2.47. The van der Waals surface area contributed by atoms with Crippen LogP contribution in [0.3, 0.4) is 0 Å². The maximum Gasteiger partial charge on any atom is 0.167 e. The van der Waals surface area contributed by atoms with E-state index in [2.05, 4.69) is 31.9 Å². The van der Waals surface area contributed by atoms with Crippen LogP contribution in [-0.4, -0.2) is 12.4 Å². The van der Waals surface area contributed by atoms with E-state index < -0.39 is 5.82 Å². The normalized spacial score (nSPS) is 12.9. The smallest absolute Gasteiger partial charge is 0.167 e. The van der Waals surface area contributed by atoms with Crippen molar-refractivity contribution in [3.8, 4) is 5.75 Å². The number of carbonyl (C=O) groups is 1. The van der Waals surface area contributed by atoms with E-state index in [1.165, 1.54) is 12.1 Å². The molecule has 0 fully saturated rings. The molecular weight excluding hydrogens is 403 g/mol. The van der Waals surface area contributed by atoms with Gasteiger partial charge in [-0.25, -0.2) is 4.39 Å². The summed E-state index contributed by atoms with van der Waals surface area (Å²) in [6, 6.07) is 8.11. The molecule has 21 heavy (non-hydrogen) atoms. The second-order valence-electron chi connectivity index (χ2n) is 4.91. The summed E-state index contributed by atoms with van der Waals surface area (Å²) in [6.45, 7) is 0.637. The summed E-state index contributed by atoms with van der Waals surface area (Å²) in [5.41, 5.74) is 2.29. The fraction of sp³-hybridized carbons (Fsp3) is 0.188. The van der Waals surface area contributed by atoms with E-state index in [1.807, 2.05) is 12.1 Å². The van der Waals surface area contributed by atoms with Crippen molar-refractivity contribution in [3.05, 3.63) is 61.8 Å². The molecule has 0 bridgehead atoms. The molecule has 0 atom stereocenters. The molecule has 0 saturated carbocycles. The Labute approximate surface area is 138 Å². The molecule has 5 heteroatoms. The molecule has 0 N–H and O–H groups in total. The van der Waals surface area contributed by atoms with Crippen molar-refractivity contribution in [1.29, 1.82) is 0 Å². The van der Waals surface area contributed by atoms with Gasteiger partial charge in [-0.2, -0.15) is 0 Å². The van der Waals surface area contributed by atoms with Crippen LogP contribution in [-0.2, 0) is 12.8 Å². The molecular formula is C16H11Br2FO2. The van der Waals surface area contributed by atoms with Gasteiger partial charge in [0, 0.05) is 32.9 Å². The molecule has 0 unspecified atom stereocenters. The zero-order valence-corrected chi connectivity index (χ0v) is 14.1. The number of benzene rings is 2. The Bertz CT molecular complexity index is 708. The number of halogens is 3. The average molecular weight is 414 g/mol. The summed E-state index contributed by atoms with van der Waals surface area (Å²) >= 11 is 6.65. The van der Waals surface area contributed by atoms with Gasteiger partial charge in [0.15, 0.2) is 5.78 Å². The second kappa shape index (κ2) is 5.89. The Balaban J connectivity index is 1.92. The van der Waals surface area contributed by atoms with Crippen LogP contribution < -0.4 is 4.74 Å². The molecule has 0 spiro atoms. The van der Waals surface area contributed by atoms with Crippen molar-refractivity contribution < 1.29 is 13.9 Å². The number of hydrogen-bond donors (Lipinski definition) is 0. The maximum absolute atomic E-state index is 13.4. The topological polar surface area (TPSA) is 26.3 Å². The Morgan fingerprint density at radius 3 is 2.67 bits per heavy atom. The summed E-state index contributed by atoms with van der Waals surface area (Å²) in [5.74, 6) is 0.233. The number of carbonyl (C=O) groups excluding carboxylic acids is 1. The van der Waals surface area contributed by atoms with E-state index in [1.54, 1.807) is 6.07 Å². The number of ketones is 1. The Kier molecular flexibility index (Phi) is 4.13. The van der Waals surface area contributed by atoms with Gasteiger partial charge in [0.1, 0.15) is 11.6 Å². The maximum atomic E-state index is 13.4. The lowest BCUT2D eigenvalue weighted by Gasteiger charge is -2.09. The molecule has 1 heterocycles. The summed E-state index contributed by atoms with van der Waals surface area (Å²) < 4.78 is 20.5. The van der Waals surface area contributed by atoms with Crippen LogP contribution in [0.1, 0.15) is 21.5 Å².